The summed E-state index contributed by atoms with van der Waals surface area (Å²) in [7, 11) is 1.55. The standard InChI is InChI=1S/C12H16F3N3O2/c1-7-9(11(19)20)10(17(2)16-7)18-5-3-4-8(6-18)12(13,14)15/h8H,3-6H2,1-2H3,(H,19,20). The number of aromatic carboxylic acids is 1. The number of aryl methyl sites for hydroxylation is 2. The SMILES string of the molecule is Cc1nn(C)c(N2CCCC(C(F)(F)F)C2)c1C(=O)O. The molecule has 20 heavy (non-hydrogen) atoms. The topological polar surface area (TPSA) is 58.4 Å². The van der Waals surface area contributed by atoms with Crippen LogP contribution < -0.4 is 4.90 Å². The Morgan fingerprint density at radius 1 is 1.45 bits per heavy atom. The number of piperidine rings is 1. The molecule has 1 atom stereocenters. The largest absolute Gasteiger partial charge is 0.477 e. The van der Waals surface area contributed by atoms with Gasteiger partial charge in [-0.1, -0.05) is 0 Å². The number of carboxylic acids is 1. The first-order chi connectivity index (χ1) is 9.21. The van der Waals surface area contributed by atoms with Gasteiger partial charge in [0.1, 0.15) is 11.4 Å². The molecule has 0 amide bonds. The Morgan fingerprint density at radius 3 is 2.65 bits per heavy atom. The Morgan fingerprint density at radius 2 is 2.10 bits per heavy atom. The number of carboxylic acid groups (broad SMARTS) is 1. The highest BCUT2D eigenvalue weighted by molar-refractivity contribution is 5.94. The highest BCUT2D eigenvalue weighted by atomic mass is 19.4. The maximum absolute atomic E-state index is 12.8. The molecule has 5 nitrogen and oxygen atoms in total. The molecule has 8 heteroatoms. The number of aromatic nitrogens is 2. The lowest BCUT2D eigenvalue weighted by Crippen LogP contribution is -2.43. The van der Waals surface area contributed by atoms with Gasteiger partial charge in [-0.15, -0.1) is 0 Å². The smallest absolute Gasteiger partial charge is 0.393 e. The van der Waals surface area contributed by atoms with Crippen molar-refractivity contribution < 1.29 is 23.1 Å². The third-order valence-electron chi connectivity index (χ3n) is 3.59. The van der Waals surface area contributed by atoms with Crippen LogP contribution >= 0.6 is 0 Å². The molecular formula is C12H16F3N3O2. The van der Waals surface area contributed by atoms with Gasteiger partial charge in [0.25, 0.3) is 0 Å². The van der Waals surface area contributed by atoms with Gasteiger partial charge in [-0.25, -0.2) is 4.79 Å². The zero-order valence-corrected chi connectivity index (χ0v) is 11.2. The second-order valence-electron chi connectivity index (χ2n) is 5.04. The molecule has 1 aromatic rings. The summed E-state index contributed by atoms with van der Waals surface area (Å²) in [6.07, 6.45) is -3.79. The monoisotopic (exact) mass is 291 g/mol. The van der Waals surface area contributed by atoms with Gasteiger partial charge in [0.05, 0.1) is 11.6 Å². The molecule has 0 bridgehead atoms. The number of halogens is 3. The Labute approximate surface area is 114 Å². The lowest BCUT2D eigenvalue weighted by Gasteiger charge is -2.35. The fraction of sp³-hybridized carbons (Fsp3) is 0.667. The average Bonchev–Trinajstić information content (AvgIpc) is 2.63. The Hall–Kier alpha value is -1.73. The predicted molar refractivity (Wildman–Crippen MR) is 65.9 cm³/mol. The number of rotatable bonds is 2. The van der Waals surface area contributed by atoms with Crippen LogP contribution in [0.2, 0.25) is 0 Å². The molecule has 1 aliphatic heterocycles. The lowest BCUT2D eigenvalue weighted by molar-refractivity contribution is -0.176. The number of alkyl halides is 3. The van der Waals surface area contributed by atoms with E-state index in [4.69, 9.17) is 0 Å². The van der Waals surface area contributed by atoms with Gasteiger partial charge in [0.15, 0.2) is 0 Å². The Balaban J connectivity index is 2.34. The van der Waals surface area contributed by atoms with Crippen molar-refractivity contribution in [2.24, 2.45) is 13.0 Å². The van der Waals surface area contributed by atoms with Crippen molar-refractivity contribution in [1.29, 1.82) is 0 Å². The van der Waals surface area contributed by atoms with Crippen molar-refractivity contribution in [2.45, 2.75) is 25.9 Å². The van der Waals surface area contributed by atoms with Crippen LogP contribution in [-0.4, -0.2) is 40.1 Å². The maximum atomic E-state index is 12.8. The Bertz CT molecular complexity index is 525. The van der Waals surface area contributed by atoms with Crippen LogP contribution in [0, 0.1) is 12.8 Å². The molecule has 1 fully saturated rings. The minimum Gasteiger partial charge on any atom is -0.477 e. The first-order valence-corrected chi connectivity index (χ1v) is 6.30. The van der Waals surface area contributed by atoms with E-state index in [-0.39, 0.29) is 24.3 Å². The molecule has 1 aromatic heterocycles. The third-order valence-corrected chi connectivity index (χ3v) is 3.59. The molecule has 0 saturated carbocycles. The zero-order chi connectivity index (χ0) is 15.1. The van der Waals surface area contributed by atoms with Crippen molar-refractivity contribution in [2.75, 3.05) is 18.0 Å². The quantitative estimate of drug-likeness (QED) is 0.907. The summed E-state index contributed by atoms with van der Waals surface area (Å²) in [4.78, 5) is 12.8. The van der Waals surface area contributed by atoms with Crippen molar-refractivity contribution in [3.63, 3.8) is 0 Å². The van der Waals surface area contributed by atoms with Crippen LogP contribution in [0.15, 0.2) is 0 Å². The fourth-order valence-electron chi connectivity index (χ4n) is 2.70. The number of carbonyl (C=O) groups is 1. The van der Waals surface area contributed by atoms with E-state index in [9.17, 15) is 23.1 Å². The highest BCUT2D eigenvalue weighted by Crippen LogP contribution is 2.36. The average molecular weight is 291 g/mol. The highest BCUT2D eigenvalue weighted by Gasteiger charge is 2.42. The summed E-state index contributed by atoms with van der Waals surface area (Å²) in [6, 6.07) is 0. The van der Waals surface area contributed by atoms with Gasteiger partial charge in [-0.2, -0.15) is 18.3 Å². The van der Waals surface area contributed by atoms with E-state index in [0.29, 0.717) is 18.7 Å². The van der Waals surface area contributed by atoms with Gasteiger partial charge in [-0.05, 0) is 19.8 Å². The van der Waals surface area contributed by atoms with E-state index >= 15 is 0 Å². The van der Waals surface area contributed by atoms with Crippen LogP contribution in [0.3, 0.4) is 0 Å². The summed E-state index contributed by atoms with van der Waals surface area (Å²) in [5.74, 6) is -2.34. The van der Waals surface area contributed by atoms with Crippen molar-refractivity contribution in [3.05, 3.63) is 11.3 Å². The lowest BCUT2D eigenvalue weighted by atomic mass is 9.97. The first-order valence-electron chi connectivity index (χ1n) is 6.30. The van der Waals surface area contributed by atoms with Gasteiger partial charge in [-0.3, -0.25) is 4.68 Å². The molecule has 1 unspecified atom stereocenters. The van der Waals surface area contributed by atoms with E-state index in [1.165, 1.54) is 16.5 Å². The Kier molecular flexibility index (Phi) is 3.66. The molecular weight excluding hydrogens is 275 g/mol. The molecule has 1 aliphatic rings. The summed E-state index contributed by atoms with van der Waals surface area (Å²) in [6.45, 7) is 1.73. The molecule has 2 rings (SSSR count). The molecule has 1 saturated heterocycles. The number of nitrogens with zero attached hydrogens (tertiary/aromatic N) is 3. The van der Waals surface area contributed by atoms with Gasteiger partial charge in [0, 0.05) is 20.1 Å². The van der Waals surface area contributed by atoms with Crippen LogP contribution in [0.5, 0.6) is 0 Å². The molecule has 1 N–H and O–H groups in total. The second kappa shape index (κ2) is 4.99. The minimum atomic E-state index is -4.25. The van der Waals surface area contributed by atoms with E-state index in [2.05, 4.69) is 5.10 Å². The molecule has 0 aliphatic carbocycles. The van der Waals surface area contributed by atoms with Crippen molar-refractivity contribution in [1.82, 2.24) is 9.78 Å². The van der Waals surface area contributed by atoms with Gasteiger partial charge >= 0.3 is 12.1 Å². The first kappa shape index (κ1) is 14.7. The fourth-order valence-corrected chi connectivity index (χ4v) is 2.70. The zero-order valence-electron chi connectivity index (χ0n) is 11.2. The summed E-state index contributed by atoms with van der Waals surface area (Å²) < 4.78 is 39.8. The van der Waals surface area contributed by atoms with Crippen LogP contribution in [0.25, 0.3) is 0 Å². The van der Waals surface area contributed by atoms with E-state index in [0.717, 1.165) is 0 Å². The van der Waals surface area contributed by atoms with Crippen LogP contribution in [-0.2, 0) is 7.05 Å². The van der Waals surface area contributed by atoms with E-state index < -0.39 is 18.1 Å². The van der Waals surface area contributed by atoms with E-state index in [1.54, 1.807) is 7.05 Å². The summed E-state index contributed by atoms with van der Waals surface area (Å²) in [5.41, 5.74) is 0.291. The normalized spacial score (nSPS) is 20.2. The second-order valence-corrected chi connectivity index (χ2v) is 5.04. The van der Waals surface area contributed by atoms with Crippen LogP contribution in [0.1, 0.15) is 28.9 Å². The van der Waals surface area contributed by atoms with Crippen molar-refractivity contribution in [3.8, 4) is 0 Å². The number of hydrogen-bond acceptors (Lipinski definition) is 3. The molecule has 0 aromatic carbocycles. The molecule has 0 radical (unpaired) electrons. The number of hydrogen-bond donors (Lipinski definition) is 1. The van der Waals surface area contributed by atoms with Gasteiger partial charge in [0.2, 0.25) is 0 Å². The molecule has 112 valence electrons. The van der Waals surface area contributed by atoms with Crippen LogP contribution in [0.4, 0.5) is 19.0 Å². The predicted octanol–water partition coefficient (Wildman–Crippen LogP) is 2.21. The summed E-state index contributed by atoms with van der Waals surface area (Å²) in [5, 5.41) is 13.2. The van der Waals surface area contributed by atoms with Crippen molar-refractivity contribution >= 4 is 11.8 Å². The van der Waals surface area contributed by atoms with Gasteiger partial charge < -0.3 is 10.0 Å². The maximum Gasteiger partial charge on any atom is 0.393 e. The number of anilines is 1. The minimum absolute atomic E-state index is 0.0182. The molecule has 2 heterocycles. The van der Waals surface area contributed by atoms with E-state index in [1.807, 2.05) is 0 Å². The molecule has 0 spiro atoms. The summed E-state index contributed by atoms with van der Waals surface area (Å²) >= 11 is 0. The third kappa shape index (κ3) is 2.59.